The van der Waals surface area contributed by atoms with Gasteiger partial charge in [0, 0.05) is 18.3 Å². The highest BCUT2D eigenvalue weighted by Crippen LogP contribution is 2.20. The van der Waals surface area contributed by atoms with E-state index in [9.17, 15) is 0 Å². The van der Waals surface area contributed by atoms with Crippen molar-refractivity contribution in [2.75, 3.05) is 31.7 Å². The molecule has 5 nitrogen and oxygen atoms in total. The Morgan fingerprint density at radius 1 is 1.33 bits per heavy atom. The van der Waals surface area contributed by atoms with Crippen molar-refractivity contribution in [3.63, 3.8) is 0 Å². The van der Waals surface area contributed by atoms with Crippen molar-refractivity contribution >= 4 is 5.82 Å². The minimum absolute atomic E-state index is 0.132. The maximum Gasteiger partial charge on any atom is 0.162 e. The van der Waals surface area contributed by atoms with Gasteiger partial charge >= 0.3 is 0 Å². The lowest BCUT2D eigenvalue weighted by atomic mass is 10.2. The fourth-order valence-electron chi connectivity index (χ4n) is 1.95. The molecule has 2 rings (SSSR count). The average Bonchev–Trinajstić information content (AvgIpc) is 2.40. The first-order valence-corrected chi connectivity index (χ1v) is 6.64. The van der Waals surface area contributed by atoms with Crippen LogP contribution in [0.25, 0.3) is 0 Å². The first kappa shape index (κ1) is 13.2. The number of aromatic nitrogens is 2. The Hall–Kier alpha value is -1.20. The molecule has 18 heavy (non-hydrogen) atoms. The van der Waals surface area contributed by atoms with E-state index in [1.807, 2.05) is 6.07 Å². The van der Waals surface area contributed by atoms with Crippen molar-refractivity contribution in [3.05, 3.63) is 17.6 Å². The van der Waals surface area contributed by atoms with Gasteiger partial charge in [-0.1, -0.05) is 13.3 Å². The van der Waals surface area contributed by atoms with Gasteiger partial charge in [0.05, 0.1) is 19.8 Å². The summed E-state index contributed by atoms with van der Waals surface area (Å²) in [7, 11) is 0. The van der Waals surface area contributed by atoms with Crippen LogP contribution in [0.2, 0.25) is 0 Å². The van der Waals surface area contributed by atoms with Crippen LogP contribution in [0.1, 0.15) is 37.9 Å². The van der Waals surface area contributed by atoms with E-state index < -0.39 is 0 Å². The summed E-state index contributed by atoms with van der Waals surface area (Å²) in [4.78, 5) is 9.07. The maximum absolute atomic E-state index is 5.65. The Morgan fingerprint density at radius 2 is 2.22 bits per heavy atom. The zero-order valence-electron chi connectivity index (χ0n) is 11.1. The molecule has 1 aliphatic heterocycles. The molecule has 0 amide bonds. The highest BCUT2D eigenvalue weighted by molar-refractivity contribution is 5.36. The van der Waals surface area contributed by atoms with Crippen molar-refractivity contribution in [2.45, 2.75) is 32.8 Å². The Kier molecular flexibility index (Phi) is 4.90. The van der Waals surface area contributed by atoms with Gasteiger partial charge in [0.1, 0.15) is 11.9 Å². The minimum Gasteiger partial charge on any atom is -0.376 e. The molecule has 2 heterocycles. The molecular formula is C13H21N3O2. The lowest BCUT2D eigenvalue weighted by Crippen LogP contribution is -2.24. The molecule has 1 saturated heterocycles. The zero-order chi connectivity index (χ0) is 12.8. The minimum atomic E-state index is -0.132. The molecule has 0 aromatic carbocycles. The third-order valence-electron chi connectivity index (χ3n) is 2.76. The van der Waals surface area contributed by atoms with Crippen molar-refractivity contribution < 1.29 is 9.47 Å². The molecule has 1 unspecified atom stereocenters. The van der Waals surface area contributed by atoms with E-state index >= 15 is 0 Å². The number of hydrogen-bond acceptors (Lipinski definition) is 5. The lowest BCUT2D eigenvalue weighted by molar-refractivity contribution is -0.0935. The van der Waals surface area contributed by atoms with Gasteiger partial charge in [-0.25, -0.2) is 9.97 Å². The lowest BCUT2D eigenvalue weighted by Gasteiger charge is -2.22. The quantitative estimate of drug-likeness (QED) is 0.866. The number of anilines is 1. The van der Waals surface area contributed by atoms with Gasteiger partial charge in [-0.05, 0) is 13.3 Å². The molecule has 0 spiro atoms. The number of aryl methyl sites for hydroxylation is 1. The Morgan fingerprint density at radius 3 is 2.89 bits per heavy atom. The monoisotopic (exact) mass is 251 g/mol. The van der Waals surface area contributed by atoms with Gasteiger partial charge in [0.15, 0.2) is 5.82 Å². The molecule has 0 saturated carbocycles. The summed E-state index contributed by atoms with van der Waals surface area (Å²) in [6.07, 6.45) is 1.90. The molecule has 1 aliphatic rings. The van der Waals surface area contributed by atoms with Crippen molar-refractivity contribution in [1.82, 2.24) is 9.97 Å². The van der Waals surface area contributed by atoms with Crippen molar-refractivity contribution in [3.8, 4) is 0 Å². The standard InChI is InChI=1S/C13H21N3O2/c1-3-5-10-8-12(14-4-2)16-13(15-10)11-9-17-6-7-18-11/h8,11H,3-7,9H2,1-2H3,(H,14,15,16). The van der Waals surface area contributed by atoms with E-state index in [-0.39, 0.29) is 6.10 Å². The summed E-state index contributed by atoms with van der Waals surface area (Å²) in [5.74, 6) is 1.61. The SMILES string of the molecule is CCCc1cc(NCC)nc(C2COCCO2)n1. The zero-order valence-corrected chi connectivity index (χ0v) is 11.1. The Balaban J connectivity index is 2.20. The van der Waals surface area contributed by atoms with Crippen LogP contribution >= 0.6 is 0 Å². The van der Waals surface area contributed by atoms with Gasteiger partial charge in [-0.2, -0.15) is 0 Å². The molecule has 0 radical (unpaired) electrons. The third kappa shape index (κ3) is 3.40. The molecule has 0 aliphatic carbocycles. The Bertz CT molecular complexity index is 354. The second-order valence-electron chi connectivity index (χ2n) is 4.32. The summed E-state index contributed by atoms with van der Waals surface area (Å²) in [5, 5.41) is 3.24. The van der Waals surface area contributed by atoms with Crippen LogP contribution in [0.4, 0.5) is 5.82 Å². The smallest absolute Gasteiger partial charge is 0.162 e. The second-order valence-corrected chi connectivity index (χ2v) is 4.32. The van der Waals surface area contributed by atoms with Crippen molar-refractivity contribution in [1.29, 1.82) is 0 Å². The van der Waals surface area contributed by atoms with Crippen LogP contribution in [0.15, 0.2) is 6.07 Å². The van der Waals surface area contributed by atoms with E-state index in [2.05, 4.69) is 29.1 Å². The highest BCUT2D eigenvalue weighted by atomic mass is 16.6. The number of nitrogens with one attached hydrogen (secondary N) is 1. The Labute approximate surface area is 108 Å². The fourth-order valence-corrected chi connectivity index (χ4v) is 1.95. The number of rotatable bonds is 5. The van der Waals surface area contributed by atoms with Crippen LogP contribution in [0.3, 0.4) is 0 Å². The van der Waals surface area contributed by atoms with Crippen LogP contribution in [-0.4, -0.2) is 36.3 Å². The predicted molar refractivity (Wildman–Crippen MR) is 69.7 cm³/mol. The molecule has 5 heteroatoms. The molecule has 1 N–H and O–H groups in total. The van der Waals surface area contributed by atoms with Crippen LogP contribution in [0.5, 0.6) is 0 Å². The van der Waals surface area contributed by atoms with Gasteiger partial charge in [-0.15, -0.1) is 0 Å². The molecule has 1 atom stereocenters. The van der Waals surface area contributed by atoms with E-state index in [0.717, 1.165) is 36.7 Å². The molecule has 100 valence electrons. The van der Waals surface area contributed by atoms with Gasteiger partial charge < -0.3 is 14.8 Å². The molecular weight excluding hydrogens is 230 g/mol. The van der Waals surface area contributed by atoms with E-state index in [0.29, 0.717) is 19.8 Å². The van der Waals surface area contributed by atoms with E-state index in [1.165, 1.54) is 0 Å². The first-order chi connectivity index (χ1) is 8.83. The molecule has 1 aromatic heterocycles. The van der Waals surface area contributed by atoms with Gasteiger partial charge in [-0.3, -0.25) is 0 Å². The van der Waals surface area contributed by atoms with Crippen LogP contribution < -0.4 is 5.32 Å². The van der Waals surface area contributed by atoms with Crippen molar-refractivity contribution in [2.24, 2.45) is 0 Å². The normalized spacial score (nSPS) is 19.8. The summed E-state index contributed by atoms with van der Waals surface area (Å²) >= 11 is 0. The van der Waals surface area contributed by atoms with Gasteiger partial charge in [0.25, 0.3) is 0 Å². The topological polar surface area (TPSA) is 56.3 Å². The second kappa shape index (κ2) is 6.66. The number of ether oxygens (including phenoxy) is 2. The predicted octanol–water partition coefficient (Wildman–Crippen LogP) is 1.95. The van der Waals surface area contributed by atoms with Gasteiger partial charge in [0.2, 0.25) is 0 Å². The number of hydrogen-bond donors (Lipinski definition) is 1. The largest absolute Gasteiger partial charge is 0.376 e. The third-order valence-corrected chi connectivity index (χ3v) is 2.76. The van der Waals surface area contributed by atoms with Crippen LogP contribution in [0, 0.1) is 0 Å². The number of nitrogens with zero attached hydrogens (tertiary/aromatic N) is 2. The van der Waals surface area contributed by atoms with E-state index in [1.54, 1.807) is 0 Å². The van der Waals surface area contributed by atoms with Crippen LogP contribution in [-0.2, 0) is 15.9 Å². The highest BCUT2D eigenvalue weighted by Gasteiger charge is 2.20. The molecule has 1 aromatic rings. The summed E-state index contributed by atoms with van der Waals surface area (Å²) in [6, 6.07) is 2.01. The first-order valence-electron chi connectivity index (χ1n) is 6.64. The molecule has 0 bridgehead atoms. The fraction of sp³-hybridized carbons (Fsp3) is 0.692. The maximum atomic E-state index is 5.65. The summed E-state index contributed by atoms with van der Waals surface area (Å²) < 4.78 is 11.1. The molecule has 1 fully saturated rings. The summed E-state index contributed by atoms with van der Waals surface area (Å²) in [5.41, 5.74) is 1.06. The average molecular weight is 251 g/mol. The summed E-state index contributed by atoms with van der Waals surface area (Å²) in [6.45, 7) is 6.87. The van der Waals surface area contributed by atoms with E-state index in [4.69, 9.17) is 9.47 Å².